The highest BCUT2D eigenvalue weighted by Gasteiger charge is 2.18. The van der Waals surface area contributed by atoms with Crippen molar-refractivity contribution in [2.75, 3.05) is 13.1 Å². The Labute approximate surface area is 95.7 Å². The fraction of sp³-hybridized carbons (Fsp3) is 0.667. The summed E-state index contributed by atoms with van der Waals surface area (Å²) in [5.41, 5.74) is 5.94. The Morgan fingerprint density at radius 1 is 1.62 bits per heavy atom. The van der Waals surface area contributed by atoms with E-state index >= 15 is 0 Å². The molecule has 16 heavy (non-hydrogen) atoms. The number of sulfonamides is 1. The molecule has 1 rings (SSSR count). The van der Waals surface area contributed by atoms with Gasteiger partial charge >= 0.3 is 0 Å². The Balaban J connectivity index is 2.63. The van der Waals surface area contributed by atoms with E-state index in [2.05, 4.69) is 14.9 Å². The first-order valence-electron chi connectivity index (χ1n) is 5.17. The lowest BCUT2D eigenvalue weighted by Gasteiger charge is -2.11. The fourth-order valence-corrected chi connectivity index (χ4v) is 2.63. The molecule has 0 aliphatic heterocycles. The number of rotatable bonds is 6. The quantitative estimate of drug-likeness (QED) is 0.656. The van der Waals surface area contributed by atoms with Crippen molar-refractivity contribution in [3.8, 4) is 0 Å². The normalized spacial score (nSPS) is 13.9. The number of nitrogens with one attached hydrogen (secondary N) is 2. The monoisotopic (exact) mass is 246 g/mol. The molecule has 0 aliphatic carbocycles. The van der Waals surface area contributed by atoms with Crippen molar-refractivity contribution < 1.29 is 8.42 Å². The predicted molar refractivity (Wildman–Crippen MR) is 61.3 cm³/mol. The van der Waals surface area contributed by atoms with E-state index in [0.717, 1.165) is 6.42 Å². The minimum Gasteiger partial charge on any atom is -0.330 e. The van der Waals surface area contributed by atoms with Crippen LogP contribution in [0.1, 0.15) is 19.0 Å². The van der Waals surface area contributed by atoms with Gasteiger partial charge < -0.3 is 5.73 Å². The van der Waals surface area contributed by atoms with Crippen molar-refractivity contribution in [1.29, 1.82) is 0 Å². The van der Waals surface area contributed by atoms with Gasteiger partial charge in [-0.2, -0.15) is 5.10 Å². The van der Waals surface area contributed by atoms with Gasteiger partial charge in [0.15, 0.2) is 0 Å². The van der Waals surface area contributed by atoms with Gasteiger partial charge in [-0.05, 0) is 25.8 Å². The summed E-state index contributed by atoms with van der Waals surface area (Å²) in [5.74, 6) is 0.229. The maximum atomic E-state index is 11.8. The van der Waals surface area contributed by atoms with Crippen LogP contribution in [0.3, 0.4) is 0 Å². The summed E-state index contributed by atoms with van der Waals surface area (Å²) in [5, 5.41) is 6.29. The van der Waals surface area contributed by atoms with Crippen LogP contribution in [0.4, 0.5) is 0 Å². The van der Waals surface area contributed by atoms with Crippen molar-refractivity contribution in [2.45, 2.75) is 25.2 Å². The average Bonchev–Trinajstić information content (AvgIpc) is 2.63. The van der Waals surface area contributed by atoms with Gasteiger partial charge in [0.25, 0.3) is 0 Å². The number of nitrogens with two attached hydrogens (primary N) is 1. The smallest absolute Gasteiger partial charge is 0.243 e. The van der Waals surface area contributed by atoms with Gasteiger partial charge in [0, 0.05) is 6.54 Å². The van der Waals surface area contributed by atoms with Crippen LogP contribution in [0.25, 0.3) is 0 Å². The van der Waals surface area contributed by atoms with Gasteiger partial charge in [-0.3, -0.25) is 5.10 Å². The minimum absolute atomic E-state index is 0.201. The molecular formula is C9H18N4O2S. The van der Waals surface area contributed by atoms with Crippen LogP contribution < -0.4 is 10.5 Å². The SMILES string of the molecule is Cc1[nH]ncc1S(=O)(=O)NCC(C)CCN. The molecule has 1 unspecified atom stereocenters. The first-order valence-corrected chi connectivity index (χ1v) is 6.65. The highest BCUT2D eigenvalue weighted by atomic mass is 32.2. The summed E-state index contributed by atoms with van der Waals surface area (Å²) in [4.78, 5) is 0.201. The molecule has 1 aromatic rings. The van der Waals surface area contributed by atoms with Crippen LogP contribution in [0.5, 0.6) is 0 Å². The lowest BCUT2D eigenvalue weighted by Crippen LogP contribution is -2.29. The number of aryl methyl sites for hydroxylation is 1. The number of aromatic nitrogens is 2. The predicted octanol–water partition coefficient (Wildman–Crippen LogP) is -0.0187. The molecule has 0 saturated heterocycles. The number of nitrogens with zero attached hydrogens (tertiary/aromatic N) is 1. The number of hydrogen-bond acceptors (Lipinski definition) is 4. The van der Waals surface area contributed by atoms with Crippen molar-refractivity contribution in [1.82, 2.24) is 14.9 Å². The van der Waals surface area contributed by atoms with Crippen LogP contribution in [0.15, 0.2) is 11.1 Å². The Morgan fingerprint density at radius 2 is 2.31 bits per heavy atom. The second kappa shape index (κ2) is 5.42. The molecule has 0 radical (unpaired) electrons. The van der Waals surface area contributed by atoms with Gasteiger partial charge in [-0.15, -0.1) is 0 Å². The lowest BCUT2D eigenvalue weighted by molar-refractivity contribution is 0.515. The van der Waals surface area contributed by atoms with Gasteiger partial charge in [0.05, 0.1) is 11.9 Å². The zero-order valence-corrected chi connectivity index (χ0v) is 10.3. The van der Waals surface area contributed by atoms with E-state index in [1.54, 1.807) is 6.92 Å². The molecule has 0 bridgehead atoms. The largest absolute Gasteiger partial charge is 0.330 e. The first kappa shape index (κ1) is 13.1. The zero-order chi connectivity index (χ0) is 12.2. The second-order valence-corrected chi connectivity index (χ2v) is 5.63. The van der Waals surface area contributed by atoms with Crippen molar-refractivity contribution in [2.24, 2.45) is 11.7 Å². The third-order valence-electron chi connectivity index (χ3n) is 2.35. The molecule has 0 amide bonds. The summed E-state index contributed by atoms with van der Waals surface area (Å²) in [6, 6.07) is 0. The average molecular weight is 246 g/mol. The van der Waals surface area contributed by atoms with E-state index in [-0.39, 0.29) is 10.8 Å². The molecule has 1 heterocycles. The molecule has 4 N–H and O–H groups in total. The number of H-pyrrole nitrogens is 1. The van der Waals surface area contributed by atoms with E-state index in [9.17, 15) is 8.42 Å². The maximum Gasteiger partial charge on any atom is 0.243 e. The molecule has 1 atom stereocenters. The molecule has 0 fully saturated rings. The Kier molecular flexibility index (Phi) is 4.45. The van der Waals surface area contributed by atoms with E-state index in [0.29, 0.717) is 18.8 Å². The zero-order valence-electron chi connectivity index (χ0n) is 9.53. The Hall–Kier alpha value is -0.920. The van der Waals surface area contributed by atoms with Crippen molar-refractivity contribution in [3.05, 3.63) is 11.9 Å². The molecule has 0 saturated carbocycles. The minimum atomic E-state index is -3.45. The summed E-state index contributed by atoms with van der Waals surface area (Å²) in [7, 11) is -3.45. The van der Waals surface area contributed by atoms with Gasteiger partial charge in [-0.1, -0.05) is 6.92 Å². The molecule has 92 valence electrons. The molecule has 6 nitrogen and oxygen atoms in total. The van der Waals surface area contributed by atoms with E-state index in [4.69, 9.17) is 5.73 Å². The highest BCUT2D eigenvalue weighted by Crippen LogP contribution is 2.11. The van der Waals surface area contributed by atoms with Crippen LogP contribution in [0, 0.1) is 12.8 Å². The molecule has 0 aliphatic rings. The third kappa shape index (κ3) is 3.29. The number of hydrogen-bond donors (Lipinski definition) is 3. The maximum absolute atomic E-state index is 11.8. The molecular weight excluding hydrogens is 228 g/mol. The first-order chi connectivity index (χ1) is 7.47. The Morgan fingerprint density at radius 3 is 2.81 bits per heavy atom. The van der Waals surface area contributed by atoms with E-state index < -0.39 is 10.0 Å². The van der Waals surface area contributed by atoms with Crippen molar-refractivity contribution >= 4 is 10.0 Å². The van der Waals surface area contributed by atoms with Crippen LogP contribution in [-0.4, -0.2) is 31.7 Å². The summed E-state index contributed by atoms with van der Waals surface area (Å²) < 4.78 is 26.2. The summed E-state index contributed by atoms with van der Waals surface area (Å²) in [6.07, 6.45) is 2.11. The van der Waals surface area contributed by atoms with Crippen LogP contribution >= 0.6 is 0 Å². The van der Waals surface area contributed by atoms with E-state index in [1.165, 1.54) is 6.20 Å². The topological polar surface area (TPSA) is 101 Å². The standard InChI is InChI=1S/C9H18N4O2S/c1-7(3-4-10)5-12-16(14,15)9-6-11-13-8(9)2/h6-7,12H,3-5,10H2,1-2H3,(H,11,13). The fourth-order valence-electron chi connectivity index (χ4n) is 1.33. The molecule has 0 spiro atoms. The summed E-state index contributed by atoms with van der Waals surface area (Å²) in [6.45, 7) is 4.58. The third-order valence-corrected chi connectivity index (χ3v) is 3.89. The van der Waals surface area contributed by atoms with Crippen molar-refractivity contribution in [3.63, 3.8) is 0 Å². The second-order valence-electron chi connectivity index (χ2n) is 3.89. The van der Waals surface area contributed by atoms with Gasteiger partial charge in [0.1, 0.15) is 4.90 Å². The molecule has 0 aromatic carbocycles. The number of aromatic amines is 1. The molecule has 7 heteroatoms. The Bertz CT molecular complexity index is 426. The van der Waals surface area contributed by atoms with Crippen LogP contribution in [0.2, 0.25) is 0 Å². The molecule has 1 aromatic heterocycles. The lowest BCUT2D eigenvalue weighted by atomic mass is 10.1. The van der Waals surface area contributed by atoms with E-state index in [1.807, 2.05) is 6.92 Å². The van der Waals surface area contributed by atoms with Crippen LogP contribution in [-0.2, 0) is 10.0 Å². The van der Waals surface area contributed by atoms with Gasteiger partial charge in [-0.25, -0.2) is 13.1 Å². The summed E-state index contributed by atoms with van der Waals surface area (Å²) >= 11 is 0. The highest BCUT2D eigenvalue weighted by molar-refractivity contribution is 7.89. The van der Waals surface area contributed by atoms with Gasteiger partial charge in [0.2, 0.25) is 10.0 Å².